The van der Waals surface area contributed by atoms with E-state index in [0.29, 0.717) is 22.9 Å². The lowest BCUT2D eigenvalue weighted by molar-refractivity contribution is -0.117. The molecule has 2 N–H and O–H groups in total. The predicted octanol–water partition coefficient (Wildman–Crippen LogP) is 2.62. The highest BCUT2D eigenvalue weighted by molar-refractivity contribution is 6.31. The number of amides is 1. The number of aromatic nitrogens is 2. The Morgan fingerprint density at radius 3 is 2.91 bits per heavy atom. The topological polar surface area (TPSA) is 80.3 Å². The zero-order valence-electron chi connectivity index (χ0n) is 13.3. The number of rotatable bonds is 6. The molecule has 0 radical (unpaired) electrons. The van der Waals surface area contributed by atoms with Crippen molar-refractivity contribution in [2.75, 3.05) is 0 Å². The molecule has 0 saturated carbocycles. The van der Waals surface area contributed by atoms with E-state index >= 15 is 0 Å². The molecule has 2 heterocycles. The molecule has 0 bridgehead atoms. The molecule has 2 aromatic rings. The smallest absolute Gasteiger partial charge is 0.244 e. The zero-order chi connectivity index (χ0) is 17.0. The van der Waals surface area contributed by atoms with Crippen molar-refractivity contribution >= 4 is 23.6 Å². The Hall–Kier alpha value is -2.05. The summed E-state index contributed by atoms with van der Waals surface area (Å²) >= 11 is 6.10. The Labute approximate surface area is 139 Å². The number of aryl methyl sites for hydroxylation is 2. The number of hydrogen-bond donors (Lipinski definition) is 2. The third-order valence-corrected chi connectivity index (χ3v) is 3.88. The minimum Gasteiger partial charge on any atom is -0.467 e. The number of carbonyl (C=O) groups is 1. The number of hydrogen-bond acceptors (Lipinski definition) is 4. The number of aliphatic hydroxyl groups is 1. The van der Waals surface area contributed by atoms with Crippen molar-refractivity contribution in [3.05, 3.63) is 46.6 Å². The van der Waals surface area contributed by atoms with Gasteiger partial charge >= 0.3 is 0 Å². The average Bonchev–Trinajstić information content (AvgIpc) is 3.07. The van der Waals surface area contributed by atoms with Crippen LogP contribution < -0.4 is 5.32 Å². The first-order chi connectivity index (χ1) is 10.9. The highest BCUT2D eigenvalue weighted by Crippen LogP contribution is 2.20. The van der Waals surface area contributed by atoms with Crippen LogP contribution in [-0.4, -0.2) is 26.8 Å². The molecule has 2 unspecified atom stereocenters. The van der Waals surface area contributed by atoms with E-state index in [2.05, 4.69) is 10.4 Å². The van der Waals surface area contributed by atoms with Gasteiger partial charge in [0.2, 0.25) is 5.91 Å². The summed E-state index contributed by atoms with van der Waals surface area (Å²) < 4.78 is 6.69. The number of halogens is 1. The van der Waals surface area contributed by atoms with Crippen LogP contribution in [0.15, 0.2) is 28.9 Å². The van der Waals surface area contributed by atoms with Crippen molar-refractivity contribution in [2.24, 2.45) is 7.05 Å². The lowest BCUT2D eigenvalue weighted by Gasteiger charge is -2.15. The van der Waals surface area contributed by atoms with Gasteiger partial charge in [-0.15, -0.1) is 0 Å². The van der Waals surface area contributed by atoms with Crippen molar-refractivity contribution in [1.82, 2.24) is 15.1 Å². The van der Waals surface area contributed by atoms with Crippen molar-refractivity contribution < 1.29 is 14.3 Å². The summed E-state index contributed by atoms with van der Waals surface area (Å²) in [5.41, 5.74) is 1.47. The molecular weight excluding hydrogens is 318 g/mol. The second-order valence-corrected chi connectivity index (χ2v) is 5.78. The molecule has 0 saturated heterocycles. The van der Waals surface area contributed by atoms with Crippen LogP contribution in [0.25, 0.3) is 6.08 Å². The molecule has 23 heavy (non-hydrogen) atoms. The van der Waals surface area contributed by atoms with Gasteiger partial charge in [0.1, 0.15) is 17.0 Å². The van der Waals surface area contributed by atoms with Crippen molar-refractivity contribution in [2.45, 2.75) is 32.4 Å². The van der Waals surface area contributed by atoms with E-state index in [1.165, 1.54) is 12.3 Å². The van der Waals surface area contributed by atoms with Gasteiger partial charge in [-0.3, -0.25) is 9.48 Å². The molecule has 0 spiro atoms. The van der Waals surface area contributed by atoms with Gasteiger partial charge in [-0.2, -0.15) is 5.10 Å². The monoisotopic (exact) mass is 337 g/mol. The molecule has 7 heteroatoms. The molecule has 1 amide bonds. The van der Waals surface area contributed by atoms with Crippen LogP contribution in [0.5, 0.6) is 0 Å². The van der Waals surface area contributed by atoms with E-state index in [1.807, 2.05) is 13.8 Å². The summed E-state index contributed by atoms with van der Waals surface area (Å²) in [5, 5.41) is 17.4. The van der Waals surface area contributed by atoms with Gasteiger partial charge in [-0.25, -0.2) is 0 Å². The first-order valence-electron chi connectivity index (χ1n) is 7.27. The lowest BCUT2D eigenvalue weighted by atomic mass is 10.1. The second-order valence-electron chi connectivity index (χ2n) is 5.42. The van der Waals surface area contributed by atoms with Crippen LogP contribution in [0.2, 0.25) is 5.15 Å². The molecule has 2 aromatic heterocycles. The molecular formula is C16H20ClN3O3. The number of nitrogens with zero attached hydrogens (tertiary/aromatic N) is 2. The summed E-state index contributed by atoms with van der Waals surface area (Å²) in [4.78, 5) is 12.0. The van der Waals surface area contributed by atoms with Gasteiger partial charge in [-0.05, 0) is 32.1 Å². The molecule has 0 aliphatic heterocycles. The van der Waals surface area contributed by atoms with E-state index in [1.54, 1.807) is 29.9 Å². The number of aliphatic hydroxyl groups excluding tert-OH is 1. The molecule has 2 atom stereocenters. The number of nitrogens with one attached hydrogen (secondary N) is 1. The van der Waals surface area contributed by atoms with E-state index in [4.69, 9.17) is 16.0 Å². The van der Waals surface area contributed by atoms with Crippen LogP contribution in [0.1, 0.15) is 36.5 Å². The second kappa shape index (κ2) is 7.48. The summed E-state index contributed by atoms with van der Waals surface area (Å²) in [6, 6.07) is 3.20. The highest BCUT2D eigenvalue weighted by atomic mass is 35.5. The fourth-order valence-electron chi connectivity index (χ4n) is 2.28. The van der Waals surface area contributed by atoms with Crippen LogP contribution in [0.3, 0.4) is 0 Å². The van der Waals surface area contributed by atoms with E-state index in [-0.39, 0.29) is 11.9 Å². The Morgan fingerprint density at radius 1 is 1.61 bits per heavy atom. The fraction of sp³-hybridized carbons (Fsp3) is 0.375. The van der Waals surface area contributed by atoms with Crippen LogP contribution in [-0.2, 0) is 11.8 Å². The standard InChI is InChI=1S/C16H20ClN3O3/c1-10(9-13(21)14-5-4-8-23-14)18-15(22)7-6-12-11(2)19-20(3)16(12)17/h4-8,10,13,21H,9H2,1-3H3,(H,18,22)/b7-6+. The normalized spacial score (nSPS) is 14.1. The molecule has 124 valence electrons. The van der Waals surface area contributed by atoms with Gasteiger partial charge in [0.05, 0.1) is 12.0 Å². The Bertz CT molecular complexity index is 692. The van der Waals surface area contributed by atoms with E-state index in [0.717, 1.165) is 5.69 Å². The average molecular weight is 338 g/mol. The Kier molecular flexibility index (Phi) is 5.63. The molecule has 0 aliphatic carbocycles. The molecule has 0 aliphatic rings. The van der Waals surface area contributed by atoms with E-state index < -0.39 is 6.10 Å². The first kappa shape index (κ1) is 17.3. The predicted molar refractivity (Wildman–Crippen MR) is 87.9 cm³/mol. The maximum Gasteiger partial charge on any atom is 0.244 e. The largest absolute Gasteiger partial charge is 0.467 e. The quantitative estimate of drug-likeness (QED) is 0.794. The third-order valence-electron chi connectivity index (χ3n) is 3.43. The molecule has 0 fully saturated rings. The SMILES string of the molecule is Cc1nn(C)c(Cl)c1/C=C/C(=O)NC(C)CC(O)c1ccco1. The summed E-state index contributed by atoms with van der Waals surface area (Å²) in [6.45, 7) is 3.64. The maximum atomic E-state index is 12.0. The summed E-state index contributed by atoms with van der Waals surface area (Å²) in [5.74, 6) is 0.225. The van der Waals surface area contributed by atoms with E-state index in [9.17, 15) is 9.90 Å². The third kappa shape index (κ3) is 4.46. The highest BCUT2D eigenvalue weighted by Gasteiger charge is 2.16. The van der Waals surface area contributed by atoms with Crippen LogP contribution in [0, 0.1) is 6.92 Å². The maximum absolute atomic E-state index is 12.0. The Balaban J connectivity index is 1.90. The van der Waals surface area contributed by atoms with Gasteiger partial charge in [0, 0.05) is 31.1 Å². The Morgan fingerprint density at radius 2 is 2.35 bits per heavy atom. The van der Waals surface area contributed by atoms with Crippen molar-refractivity contribution in [3.63, 3.8) is 0 Å². The summed E-state index contributed by atoms with van der Waals surface area (Å²) in [6.07, 6.45) is 4.16. The summed E-state index contributed by atoms with van der Waals surface area (Å²) in [7, 11) is 1.74. The minimum absolute atomic E-state index is 0.210. The van der Waals surface area contributed by atoms with Crippen LogP contribution >= 0.6 is 11.6 Å². The number of carbonyl (C=O) groups excluding carboxylic acids is 1. The molecule has 6 nitrogen and oxygen atoms in total. The molecule has 0 aromatic carbocycles. The first-order valence-corrected chi connectivity index (χ1v) is 7.65. The number of furan rings is 1. The fourth-order valence-corrected chi connectivity index (χ4v) is 2.51. The van der Waals surface area contributed by atoms with Crippen molar-refractivity contribution in [1.29, 1.82) is 0 Å². The van der Waals surface area contributed by atoms with Gasteiger partial charge in [0.25, 0.3) is 0 Å². The lowest BCUT2D eigenvalue weighted by Crippen LogP contribution is -2.32. The van der Waals surface area contributed by atoms with Gasteiger partial charge < -0.3 is 14.8 Å². The molecule has 2 rings (SSSR count). The zero-order valence-corrected chi connectivity index (χ0v) is 14.0. The van der Waals surface area contributed by atoms with Crippen LogP contribution in [0.4, 0.5) is 0 Å². The minimum atomic E-state index is -0.751. The van der Waals surface area contributed by atoms with Gasteiger partial charge in [0.15, 0.2) is 0 Å². The van der Waals surface area contributed by atoms with Gasteiger partial charge in [-0.1, -0.05) is 11.6 Å². The van der Waals surface area contributed by atoms with Crippen molar-refractivity contribution in [3.8, 4) is 0 Å².